The topological polar surface area (TPSA) is 55.1 Å². The second-order valence-electron chi connectivity index (χ2n) is 3.28. The van der Waals surface area contributed by atoms with Crippen LogP contribution >= 0.6 is 11.6 Å². The number of pyridine rings is 1. The summed E-state index contributed by atoms with van der Waals surface area (Å²) in [4.78, 5) is 15.7. The fourth-order valence-electron chi connectivity index (χ4n) is 1.18. The van der Waals surface area contributed by atoms with Crippen molar-refractivity contribution in [1.29, 1.82) is 0 Å². The number of carbonyl (C=O) groups is 1. The lowest BCUT2D eigenvalue weighted by atomic mass is 10.3. The molecule has 0 spiro atoms. The lowest BCUT2D eigenvalue weighted by Crippen LogP contribution is -2.12. The number of anilines is 1. The van der Waals surface area contributed by atoms with Crippen LogP contribution in [0.2, 0.25) is 5.22 Å². The van der Waals surface area contributed by atoms with Crippen molar-refractivity contribution in [2.75, 3.05) is 5.32 Å². The molecule has 0 aromatic carbocycles. The minimum Gasteiger partial charge on any atom is -0.452 e. The molecule has 0 aliphatic heterocycles. The van der Waals surface area contributed by atoms with E-state index >= 15 is 0 Å². The van der Waals surface area contributed by atoms with Gasteiger partial charge >= 0.3 is 0 Å². The van der Waals surface area contributed by atoms with Crippen LogP contribution in [0.4, 0.5) is 5.82 Å². The summed E-state index contributed by atoms with van der Waals surface area (Å²) in [6, 6.07) is 5.09. The van der Waals surface area contributed by atoms with Gasteiger partial charge in [0.2, 0.25) is 5.22 Å². The number of hydrogen-bond acceptors (Lipinski definition) is 3. The minimum absolute atomic E-state index is 0.0737. The van der Waals surface area contributed by atoms with Crippen LogP contribution < -0.4 is 5.32 Å². The Kier molecular flexibility index (Phi) is 2.92. The molecule has 5 heteroatoms. The van der Waals surface area contributed by atoms with Gasteiger partial charge in [-0.1, -0.05) is 6.07 Å². The number of aromatic nitrogens is 1. The summed E-state index contributed by atoms with van der Waals surface area (Å²) in [7, 11) is 0. The Morgan fingerprint density at radius 1 is 1.44 bits per heavy atom. The average Bonchev–Trinajstić information content (AvgIpc) is 2.68. The quantitative estimate of drug-likeness (QED) is 0.872. The number of amides is 1. The maximum atomic E-state index is 11.7. The SMILES string of the molecule is Cc1ccc(NC(=O)c2ccoc2Cl)nc1. The third-order valence-electron chi connectivity index (χ3n) is 2.02. The molecule has 4 nitrogen and oxygen atoms in total. The summed E-state index contributed by atoms with van der Waals surface area (Å²) in [6.45, 7) is 1.92. The molecule has 0 radical (unpaired) electrons. The van der Waals surface area contributed by atoms with Crippen LogP contribution in [0.15, 0.2) is 35.1 Å². The third kappa shape index (κ3) is 2.23. The Labute approximate surface area is 97.2 Å². The smallest absolute Gasteiger partial charge is 0.261 e. The number of aryl methyl sites for hydroxylation is 1. The van der Waals surface area contributed by atoms with Gasteiger partial charge in [-0.05, 0) is 36.2 Å². The zero-order valence-electron chi connectivity index (χ0n) is 8.53. The van der Waals surface area contributed by atoms with E-state index in [-0.39, 0.29) is 11.1 Å². The van der Waals surface area contributed by atoms with Gasteiger partial charge in [-0.15, -0.1) is 0 Å². The third-order valence-corrected chi connectivity index (χ3v) is 2.31. The predicted octanol–water partition coefficient (Wildman–Crippen LogP) is 2.89. The highest BCUT2D eigenvalue weighted by Gasteiger charge is 2.13. The second-order valence-corrected chi connectivity index (χ2v) is 3.63. The van der Waals surface area contributed by atoms with Gasteiger partial charge in [0.25, 0.3) is 5.91 Å². The molecular weight excluding hydrogens is 228 g/mol. The first-order chi connectivity index (χ1) is 7.66. The van der Waals surface area contributed by atoms with Gasteiger partial charge in [0.15, 0.2) is 0 Å². The summed E-state index contributed by atoms with van der Waals surface area (Å²) < 4.78 is 4.83. The van der Waals surface area contributed by atoms with Gasteiger partial charge in [-0.3, -0.25) is 4.79 Å². The van der Waals surface area contributed by atoms with Crippen molar-refractivity contribution in [2.45, 2.75) is 6.92 Å². The fraction of sp³-hybridized carbons (Fsp3) is 0.0909. The zero-order valence-corrected chi connectivity index (χ0v) is 9.28. The number of carbonyl (C=O) groups excluding carboxylic acids is 1. The molecular formula is C11H9ClN2O2. The molecule has 16 heavy (non-hydrogen) atoms. The Balaban J connectivity index is 2.14. The first-order valence-corrected chi connectivity index (χ1v) is 5.01. The average molecular weight is 237 g/mol. The van der Waals surface area contributed by atoms with Crippen molar-refractivity contribution in [1.82, 2.24) is 4.98 Å². The Morgan fingerprint density at radius 2 is 2.25 bits per heavy atom. The van der Waals surface area contributed by atoms with Crippen molar-refractivity contribution >= 4 is 23.3 Å². The molecule has 0 aliphatic rings. The van der Waals surface area contributed by atoms with Crippen LogP contribution in [0, 0.1) is 6.92 Å². The molecule has 2 aromatic heterocycles. The first kappa shape index (κ1) is 10.7. The number of nitrogens with zero attached hydrogens (tertiary/aromatic N) is 1. The van der Waals surface area contributed by atoms with Gasteiger partial charge in [0.05, 0.1) is 11.8 Å². The number of nitrogens with one attached hydrogen (secondary N) is 1. The van der Waals surface area contributed by atoms with Gasteiger partial charge in [-0.2, -0.15) is 0 Å². The zero-order chi connectivity index (χ0) is 11.5. The van der Waals surface area contributed by atoms with Crippen LogP contribution in [-0.2, 0) is 0 Å². The second kappa shape index (κ2) is 4.37. The molecule has 0 saturated carbocycles. The molecule has 2 heterocycles. The number of hydrogen-bond donors (Lipinski definition) is 1. The molecule has 2 aromatic rings. The fourth-order valence-corrected chi connectivity index (χ4v) is 1.38. The molecule has 0 aliphatic carbocycles. The van der Waals surface area contributed by atoms with Crippen molar-refractivity contribution in [3.05, 3.63) is 47.0 Å². The van der Waals surface area contributed by atoms with Gasteiger partial charge in [-0.25, -0.2) is 4.98 Å². The number of rotatable bonds is 2. The van der Waals surface area contributed by atoms with Crippen LogP contribution in [0.25, 0.3) is 0 Å². The van der Waals surface area contributed by atoms with Crippen LogP contribution in [0.5, 0.6) is 0 Å². The van der Waals surface area contributed by atoms with Crippen molar-refractivity contribution in [3.8, 4) is 0 Å². The van der Waals surface area contributed by atoms with E-state index in [1.165, 1.54) is 12.3 Å². The van der Waals surface area contributed by atoms with E-state index in [1.807, 2.05) is 13.0 Å². The number of furan rings is 1. The maximum absolute atomic E-state index is 11.7. The Bertz CT molecular complexity index is 505. The van der Waals surface area contributed by atoms with Crippen LogP contribution in [-0.4, -0.2) is 10.9 Å². The lowest BCUT2D eigenvalue weighted by molar-refractivity contribution is 0.102. The molecule has 0 fully saturated rings. The molecule has 82 valence electrons. The molecule has 0 unspecified atom stereocenters. The normalized spacial score (nSPS) is 10.1. The van der Waals surface area contributed by atoms with E-state index in [0.717, 1.165) is 5.56 Å². The van der Waals surface area contributed by atoms with E-state index in [4.69, 9.17) is 16.0 Å². The van der Waals surface area contributed by atoms with Crippen molar-refractivity contribution < 1.29 is 9.21 Å². The van der Waals surface area contributed by atoms with Crippen molar-refractivity contribution in [2.24, 2.45) is 0 Å². The highest BCUT2D eigenvalue weighted by molar-refractivity contribution is 6.32. The summed E-state index contributed by atoms with van der Waals surface area (Å²) in [5.41, 5.74) is 1.32. The van der Waals surface area contributed by atoms with E-state index in [0.29, 0.717) is 11.4 Å². The van der Waals surface area contributed by atoms with Gasteiger partial charge in [0.1, 0.15) is 5.82 Å². The molecule has 0 saturated heterocycles. The van der Waals surface area contributed by atoms with E-state index in [2.05, 4.69) is 10.3 Å². The minimum atomic E-state index is -0.338. The largest absolute Gasteiger partial charge is 0.452 e. The summed E-state index contributed by atoms with van der Waals surface area (Å²) in [6.07, 6.45) is 3.03. The first-order valence-electron chi connectivity index (χ1n) is 4.64. The standard InChI is InChI=1S/C11H9ClN2O2/c1-7-2-3-9(13-6-7)14-11(15)8-4-5-16-10(8)12/h2-6H,1H3,(H,13,14,15). The number of halogens is 1. The van der Waals surface area contributed by atoms with Crippen LogP contribution in [0.3, 0.4) is 0 Å². The highest BCUT2D eigenvalue weighted by atomic mass is 35.5. The Morgan fingerprint density at radius 3 is 2.81 bits per heavy atom. The van der Waals surface area contributed by atoms with E-state index in [1.54, 1.807) is 12.3 Å². The predicted molar refractivity (Wildman–Crippen MR) is 60.6 cm³/mol. The molecule has 2 rings (SSSR count). The van der Waals surface area contributed by atoms with Gasteiger partial charge in [0, 0.05) is 6.20 Å². The summed E-state index contributed by atoms with van der Waals surface area (Å²) >= 11 is 5.68. The van der Waals surface area contributed by atoms with Gasteiger partial charge < -0.3 is 9.73 Å². The van der Waals surface area contributed by atoms with Crippen molar-refractivity contribution in [3.63, 3.8) is 0 Å². The monoisotopic (exact) mass is 236 g/mol. The lowest BCUT2D eigenvalue weighted by Gasteiger charge is -2.02. The van der Waals surface area contributed by atoms with E-state index in [9.17, 15) is 4.79 Å². The maximum Gasteiger partial charge on any atom is 0.261 e. The Hall–Kier alpha value is -1.81. The summed E-state index contributed by atoms with van der Waals surface area (Å²) in [5.74, 6) is 0.142. The molecule has 1 N–H and O–H groups in total. The highest BCUT2D eigenvalue weighted by Crippen LogP contribution is 2.17. The van der Waals surface area contributed by atoms with E-state index < -0.39 is 0 Å². The molecule has 1 amide bonds. The molecule has 0 atom stereocenters. The summed E-state index contributed by atoms with van der Waals surface area (Å²) in [5, 5.41) is 2.69. The molecule has 0 bridgehead atoms. The van der Waals surface area contributed by atoms with Crippen LogP contribution in [0.1, 0.15) is 15.9 Å².